The molecule has 57 heavy (non-hydrogen) atoms. The SMILES string of the molecule is COc1cccc2c1C(=O)c1c(O)c3c(c(O)c1C2=O)C[C@@H](C(=O)NC1CCN(C(=O)CNC(=O)CNC(=O)CNC(=O)CCN2C(=O)C=CC2=O)CC1)C[C@@H]3O. The van der Waals surface area contributed by atoms with Gasteiger partial charge in [0.2, 0.25) is 35.3 Å². The number of imide groups is 1. The van der Waals surface area contributed by atoms with Gasteiger partial charge in [-0.15, -0.1) is 0 Å². The van der Waals surface area contributed by atoms with Gasteiger partial charge in [0.05, 0.1) is 49.5 Å². The maximum absolute atomic E-state index is 13.5. The summed E-state index contributed by atoms with van der Waals surface area (Å²) in [5, 5.41) is 43.6. The van der Waals surface area contributed by atoms with Crippen LogP contribution in [0.1, 0.15) is 74.8 Å². The van der Waals surface area contributed by atoms with Crippen molar-refractivity contribution in [2.45, 2.75) is 44.2 Å². The molecule has 6 rings (SSSR count). The lowest BCUT2D eigenvalue weighted by Gasteiger charge is -2.35. The van der Waals surface area contributed by atoms with E-state index in [4.69, 9.17) is 4.74 Å². The number of amides is 7. The Morgan fingerprint density at radius 1 is 0.807 bits per heavy atom. The summed E-state index contributed by atoms with van der Waals surface area (Å²) in [5.41, 5.74) is -1.07. The summed E-state index contributed by atoms with van der Waals surface area (Å²) in [5.74, 6) is -7.25. The first kappa shape index (κ1) is 40.0. The molecule has 7 N–H and O–H groups in total. The monoisotopic (exact) mass is 788 g/mol. The van der Waals surface area contributed by atoms with E-state index in [1.165, 1.54) is 30.2 Å². The molecule has 1 fully saturated rings. The average molecular weight is 789 g/mol. The molecule has 0 unspecified atom stereocenters. The van der Waals surface area contributed by atoms with Crippen molar-refractivity contribution in [1.29, 1.82) is 0 Å². The standard InChI is InChI=1S/C38H40N6O13/c1-57-23-4-2-3-20-31(23)37(55)33-32(34(20)52)35(53)21-13-18(14-22(45)30(21)36(33)54)38(56)42-19-7-10-43(11-8-19)29(51)17-41-26(48)16-40-25(47)15-39-24(46)9-12-44-27(49)5-6-28(44)50/h2-6,18-19,22,45,53-54H,7-17H2,1H3,(H,39,46)(H,40,47)(H,41,48)(H,42,56)/t18-,22+/m1/s1. The van der Waals surface area contributed by atoms with E-state index >= 15 is 0 Å². The number of ether oxygens (including phenoxy) is 1. The quantitative estimate of drug-likeness (QED) is 0.0793. The number of nitrogens with one attached hydrogen (secondary N) is 4. The highest BCUT2D eigenvalue weighted by Crippen LogP contribution is 2.50. The van der Waals surface area contributed by atoms with Crippen LogP contribution in [0.15, 0.2) is 30.4 Å². The van der Waals surface area contributed by atoms with Crippen molar-refractivity contribution in [3.63, 3.8) is 0 Å². The Morgan fingerprint density at radius 3 is 2.07 bits per heavy atom. The molecule has 1 saturated heterocycles. The van der Waals surface area contributed by atoms with Gasteiger partial charge in [-0.25, -0.2) is 0 Å². The molecule has 0 aromatic heterocycles. The number of piperidine rings is 1. The molecule has 2 aliphatic heterocycles. The zero-order chi connectivity index (χ0) is 41.1. The van der Waals surface area contributed by atoms with Crippen LogP contribution in [0.3, 0.4) is 0 Å². The van der Waals surface area contributed by atoms with Gasteiger partial charge in [-0.2, -0.15) is 0 Å². The van der Waals surface area contributed by atoms with Crippen LogP contribution in [0.4, 0.5) is 0 Å². The van der Waals surface area contributed by atoms with E-state index in [9.17, 15) is 58.5 Å². The van der Waals surface area contributed by atoms with Gasteiger partial charge in [-0.1, -0.05) is 12.1 Å². The van der Waals surface area contributed by atoms with Crippen molar-refractivity contribution < 1.29 is 63.2 Å². The predicted octanol–water partition coefficient (Wildman–Crippen LogP) is -1.75. The fourth-order valence-corrected chi connectivity index (χ4v) is 7.42. The van der Waals surface area contributed by atoms with Crippen molar-refractivity contribution in [2.75, 3.05) is 46.4 Å². The smallest absolute Gasteiger partial charge is 0.253 e. The largest absolute Gasteiger partial charge is 0.507 e. The highest BCUT2D eigenvalue weighted by atomic mass is 16.5. The van der Waals surface area contributed by atoms with E-state index in [0.29, 0.717) is 12.8 Å². The van der Waals surface area contributed by atoms with Crippen LogP contribution in [0.25, 0.3) is 0 Å². The first-order chi connectivity index (χ1) is 27.2. The number of likely N-dealkylation sites (tertiary alicyclic amines) is 1. The van der Waals surface area contributed by atoms with Crippen LogP contribution in [0, 0.1) is 5.92 Å². The van der Waals surface area contributed by atoms with Crippen LogP contribution in [-0.4, -0.2) is 130 Å². The summed E-state index contributed by atoms with van der Waals surface area (Å²) >= 11 is 0. The predicted molar refractivity (Wildman–Crippen MR) is 194 cm³/mol. The molecular formula is C38H40N6O13. The lowest BCUT2D eigenvalue weighted by Crippen LogP contribution is -2.50. The molecule has 2 heterocycles. The lowest BCUT2D eigenvalue weighted by molar-refractivity contribution is -0.137. The number of nitrogens with zero attached hydrogens (tertiary/aromatic N) is 2. The molecule has 4 aliphatic rings. The Labute approximate surface area is 324 Å². The number of rotatable bonds is 12. The Kier molecular flexibility index (Phi) is 11.7. The number of fused-ring (bicyclic) bond motifs is 3. The number of phenolic OH excluding ortho intramolecular Hbond substituents is 2. The summed E-state index contributed by atoms with van der Waals surface area (Å²) < 4.78 is 5.26. The number of methoxy groups -OCH3 is 1. The summed E-state index contributed by atoms with van der Waals surface area (Å²) in [7, 11) is 1.33. The first-order valence-electron chi connectivity index (χ1n) is 18.2. The van der Waals surface area contributed by atoms with Crippen LogP contribution < -0.4 is 26.0 Å². The molecule has 0 bridgehead atoms. The fraction of sp³-hybridized carbons (Fsp3) is 0.395. The maximum atomic E-state index is 13.5. The van der Waals surface area contributed by atoms with Crippen LogP contribution in [0.5, 0.6) is 17.2 Å². The Balaban J connectivity index is 0.936. The fourth-order valence-electron chi connectivity index (χ4n) is 7.42. The van der Waals surface area contributed by atoms with Gasteiger partial charge in [0.15, 0.2) is 5.78 Å². The van der Waals surface area contributed by atoms with Gasteiger partial charge < -0.3 is 46.2 Å². The Morgan fingerprint density at radius 2 is 1.42 bits per heavy atom. The van der Waals surface area contributed by atoms with Crippen molar-refractivity contribution in [3.8, 4) is 17.2 Å². The molecule has 300 valence electrons. The number of hydrogen-bond donors (Lipinski definition) is 7. The molecule has 2 aromatic rings. The number of benzene rings is 2. The minimum Gasteiger partial charge on any atom is -0.507 e. The highest BCUT2D eigenvalue weighted by molar-refractivity contribution is 6.31. The Hall–Kier alpha value is -6.63. The summed E-state index contributed by atoms with van der Waals surface area (Å²) in [6, 6.07) is 4.06. The van der Waals surface area contributed by atoms with Crippen molar-refractivity contribution in [1.82, 2.24) is 31.1 Å². The number of aromatic hydroxyl groups is 2. The number of ketones is 2. The van der Waals surface area contributed by atoms with Gasteiger partial charge in [0, 0.05) is 66.9 Å². The van der Waals surface area contributed by atoms with Gasteiger partial charge in [0.1, 0.15) is 17.2 Å². The molecule has 19 heteroatoms. The second kappa shape index (κ2) is 16.6. The minimum atomic E-state index is -1.44. The first-order valence-corrected chi connectivity index (χ1v) is 18.2. The van der Waals surface area contributed by atoms with Crippen molar-refractivity contribution in [2.24, 2.45) is 5.92 Å². The van der Waals surface area contributed by atoms with Crippen molar-refractivity contribution >= 4 is 52.9 Å². The van der Waals surface area contributed by atoms with E-state index in [1.807, 2.05) is 0 Å². The number of aliphatic hydroxyl groups excluding tert-OH is 1. The normalized spacial score (nSPS) is 18.7. The topological polar surface area (TPSA) is 278 Å². The van der Waals surface area contributed by atoms with Crippen molar-refractivity contribution in [3.05, 3.63) is 63.7 Å². The zero-order valence-corrected chi connectivity index (χ0v) is 30.7. The van der Waals surface area contributed by atoms with Gasteiger partial charge >= 0.3 is 0 Å². The number of hydrogen-bond acceptors (Lipinski definition) is 13. The average Bonchev–Trinajstić information content (AvgIpc) is 3.52. The number of aliphatic hydroxyl groups is 1. The van der Waals surface area contributed by atoms with E-state index in [2.05, 4.69) is 21.3 Å². The molecule has 0 spiro atoms. The molecule has 0 saturated carbocycles. The van der Waals surface area contributed by atoms with Gasteiger partial charge in [-0.3, -0.25) is 48.1 Å². The van der Waals surface area contributed by atoms with E-state index in [-0.39, 0.29) is 79.5 Å². The van der Waals surface area contributed by atoms with E-state index in [0.717, 1.165) is 17.1 Å². The molecule has 19 nitrogen and oxygen atoms in total. The number of carbonyl (C=O) groups is 9. The third kappa shape index (κ3) is 8.18. The number of carbonyl (C=O) groups excluding carboxylic acids is 9. The lowest BCUT2D eigenvalue weighted by atomic mass is 9.74. The molecule has 2 aromatic carbocycles. The Bertz CT molecular complexity index is 2110. The van der Waals surface area contributed by atoms with Gasteiger partial charge in [-0.05, 0) is 31.7 Å². The van der Waals surface area contributed by atoms with E-state index in [1.54, 1.807) is 0 Å². The maximum Gasteiger partial charge on any atom is 0.253 e. The third-order valence-electron chi connectivity index (χ3n) is 10.4. The molecule has 7 amide bonds. The summed E-state index contributed by atoms with van der Waals surface area (Å²) in [4.78, 5) is 115. The molecular weight excluding hydrogens is 748 g/mol. The molecule has 0 radical (unpaired) electrons. The summed E-state index contributed by atoms with van der Waals surface area (Å²) in [6.45, 7) is -0.896. The van der Waals surface area contributed by atoms with Gasteiger partial charge in [0.25, 0.3) is 11.8 Å². The summed E-state index contributed by atoms with van der Waals surface area (Å²) in [6.07, 6.45) is 1.01. The van der Waals surface area contributed by atoms with Crippen LogP contribution in [0.2, 0.25) is 0 Å². The highest BCUT2D eigenvalue weighted by Gasteiger charge is 2.43. The zero-order valence-electron chi connectivity index (χ0n) is 30.7. The minimum absolute atomic E-state index is 0.00725. The van der Waals surface area contributed by atoms with Crippen LogP contribution in [-0.2, 0) is 40.0 Å². The second-order valence-electron chi connectivity index (χ2n) is 13.9. The number of phenols is 2. The second-order valence-corrected chi connectivity index (χ2v) is 13.9. The molecule has 2 atom stereocenters. The molecule has 2 aliphatic carbocycles. The third-order valence-corrected chi connectivity index (χ3v) is 10.4. The van der Waals surface area contributed by atoms with Crippen LogP contribution >= 0.6 is 0 Å². The van der Waals surface area contributed by atoms with E-state index < -0.39 is 101 Å².